The Morgan fingerprint density at radius 2 is 1.94 bits per heavy atom. The molecule has 1 atom stereocenters. The van der Waals surface area contributed by atoms with E-state index in [4.69, 9.17) is 4.74 Å². The summed E-state index contributed by atoms with van der Waals surface area (Å²) in [5.41, 5.74) is -1.13. The quantitative estimate of drug-likeness (QED) is 0.424. The topological polar surface area (TPSA) is 55.7 Å². The van der Waals surface area contributed by atoms with Crippen molar-refractivity contribution in [3.05, 3.63) is 0 Å². The molecule has 0 saturated heterocycles. The number of isocyanates is 1. The van der Waals surface area contributed by atoms with Crippen LogP contribution in [0.4, 0.5) is 0 Å². The van der Waals surface area contributed by atoms with Gasteiger partial charge in [-0.05, 0) is 12.8 Å². The van der Waals surface area contributed by atoms with Gasteiger partial charge in [-0.15, -0.1) is 0 Å². The first-order valence-corrected chi connectivity index (χ1v) is 7.08. The SMILES string of the molecule is CCOC(=O)[C@@](CSC(C)(C)C)(N=C=O)C(C)C. The maximum Gasteiger partial charge on any atom is 0.336 e. The molecular formula is C13H23NO3S. The van der Waals surface area contributed by atoms with Gasteiger partial charge in [-0.25, -0.2) is 9.59 Å². The van der Waals surface area contributed by atoms with Crippen molar-refractivity contribution in [2.24, 2.45) is 10.9 Å². The first kappa shape index (κ1) is 17.2. The molecule has 0 aromatic rings. The average Bonchev–Trinajstić information content (AvgIpc) is 2.22. The molecule has 18 heavy (non-hydrogen) atoms. The molecule has 0 rings (SSSR count). The Kier molecular flexibility index (Phi) is 6.64. The lowest BCUT2D eigenvalue weighted by Crippen LogP contribution is -2.46. The summed E-state index contributed by atoms with van der Waals surface area (Å²) in [5, 5.41) is 0. The number of thioether (sulfide) groups is 1. The second-order valence-corrected chi connectivity index (χ2v) is 7.21. The summed E-state index contributed by atoms with van der Waals surface area (Å²) in [6.07, 6.45) is 1.53. The molecule has 4 nitrogen and oxygen atoms in total. The van der Waals surface area contributed by atoms with Gasteiger partial charge in [0.25, 0.3) is 0 Å². The zero-order valence-electron chi connectivity index (χ0n) is 12.1. The molecule has 0 amide bonds. The third-order valence-electron chi connectivity index (χ3n) is 2.55. The van der Waals surface area contributed by atoms with Crippen molar-refractivity contribution in [2.75, 3.05) is 12.4 Å². The van der Waals surface area contributed by atoms with Crippen LogP contribution in [0.25, 0.3) is 0 Å². The third kappa shape index (κ3) is 4.83. The van der Waals surface area contributed by atoms with Gasteiger partial charge in [-0.1, -0.05) is 34.6 Å². The Morgan fingerprint density at radius 1 is 1.39 bits per heavy atom. The highest BCUT2D eigenvalue weighted by atomic mass is 32.2. The monoisotopic (exact) mass is 273 g/mol. The minimum atomic E-state index is -1.13. The molecule has 0 N–H and O–H groups in total. The Hall–Kier alpha value is -0.800. The number of esters is 1. The smallest absolute Gasteiger partial charge is 0.336 e. The lowest BCUT2D eigenvalue weighted by molar-refractivity contribution is -0.150. The van der Waals surface area contributed by atoms with Crippen LogP contribution in [0.2, 0.25) is 0 Å². The van der Waals surface area contributed by atoms with Crippen LogP contribution in [0.15, 0.2) is 4.99 Å². The molecule has 0 aliphatic rings. The molecule has 0 saturated carbocycles. The van der Waals surface area contributed by atoms with E-state index in [0.29, 0.717) is 5.75 Å². The number of rotatable bonds is 6. The van der Waals surface area contributed by atoms with E-state index in [0.717, 1.165) is 0 Å². The fourth-order valence-electron chi connectivity index (χ4n) is 1.33. The predicted molar refractivity (Wildman–Crippen MR) is 74.5 cm³/mol. The van der Waals surface area contributed by atoms with Gasteiger partial charge in [0.1, 0.15) is 0 Å². The summed E-state index contributed by atoms with van der Waals surface area (Å²) in [7, 11) is 0. The molecule has 104 valence electrons. The van der Waals surface area contributed by atoms with E-state index in [2.05, 4.69) is 25.8 Å². The number of carbonyl (C=O) groups excluding carboxylic acids is 2. The van der Waals surface area contributed by atoms with Crippen LogP contribution in [0, 0.1) is 5.92 Å². The largest absolute Gasteiger partial charge is 0.464 e. The molecule has 5 heteroatoms. The number of hydrogen-bond acceptors (Lipinski definition) is 5. The van der Waals surface area contributed by atoms with E-state index >= 15 is 0 Å². The zero-order chi connectivity index (χ0) is 14.4. The van der Waals surface area contributed by atoms with Crippen LogP contribution >= 0.6 is 11.8 Å². The first-order chi connectivity index (χ1) is 8.19. The normalized spacial score (nSPS) is 14.8. The number of nitrogens with zero attached hydrogens (tertiary/aromatic N) is 1. The van der Waals surface area contributed by atoms with E-state index in [1.165, 1.54) is 6.08 Å². The van der Waals surface area contributed by atoms with E-state index in [1.807, 2.05) is 13.8 Å². The molecule has 0 aromatic carbocycles. The van der Waals surface area contributed by atoms with Crippen LogP contribution in [-0.2, 0) is 14.3 Å². The number of ether oxygens (including phenoxy) is 1. The van der Waals surface area contributed by atoms with E-state index in [9.17, 15) is 9.59 Å². The summed E-state index contributed by atoms with van der Waals surface area (Å²) in [6.45, 7) is 11.9. The molecule has 0 aliphatic heterocycles. The average molecular weight is 273 g/mol. The van der Waals surface area contributed by atoms with E-state index in [1.54, 1.807) is 18.7 Å². The highest BCUT2D eigenvalue weighted by Crippen LogP contribution is 2.33. The van der Waals surface area contributed by atoms with Gasteiger partial charge < -0.3 is 4.74 Å². The lowest BCUT2D eigenvalue weighted by Gasteiger charge is -2.32. The second kappa shape index (κ2) is 6.95. The lowest BCUT2D eigenvalue weighted by atomic mass is 9.89. The number of aliphatic imine (C=N–C) groups is 1. The standard InChI is InChI=1S/C13H23NO3S/c1-7-17-11(16)13(10(2)3,14-9-15)8-18-12(4,5)6/h10H,7-8H2,1-6H3/t13-/m0/s1. The van der Waals surface area contributed by atoms with Crippen LogP contribution in [-0.4, -0.2) is 34.7 Å². The molecule has 0 bridgehead atoms. The van der Waals surface area contributed by atoms with Crippen molar-refractivity contribution >= 4 is 23.8 Å². The van der Waals surface area contributed by atoms with Gasteiger partial charge in [0.2, 0.25) is 6.08 Å². The minimum Gasteiger partial charge on any atom is -0.464 e. The summed E-state index contributed by atoms with van der Waals surface area (Å²) in [6, 6.07) is 0. The molecule has 0 spiro atoms. The van der Waals surface area contributed by atoms with Crippen molar-refractivity contribution < 1.29 is 14.3 Å². The molecule has 0 radical (unpaired) electrons. The van der Waals surface area contributed by atoms with Gasteiger partial charge in [-0.2, -0.15) is 16.8 Å². The van der Waals surface area contributed by atoms with Crippen LogP contribution in [0.1, 0.15) is 41.5 Å². The van der Waals surface area contributed by atoms with Crippen LogP contribution in [0.5, 0.6) is 0 Å². The first-order valence-electron chi connectivity index (χ1n) is 6.10. The van der Waals surface area contributed by atoms with Gasteiger partial charge in [0, 0.05) is 10.5 Å². The van der Waals surface area contributed by atoms with E-state index in [-0.39, 0.29) is 17.3 Å². The molecular weight excluding hydrogens is 250 g/mol. The molecule has 0 fully saturated rings. The van der Waals surface area contributed by atoms with Crippen molar-refractivity contribution in [1.82, 2.24) is 0 Å². The van der Waals surface area contributed by atoms with Gasteiger partial charge in [-0.3, -0.25) is 0 Å². The Balaban J connectivity index is 5.23. The van der Waals surface area contributed by atoms with E-state index < -0.39 is 11.5 Å². The molecule has 0 aromatic heterocycles. The van der Waals surface area contributed by atoms with Gasteiger partial charge >= 0.3 is 5.97 Å². The maximum atomic E-state index is 12.1. The number of carbonyl (C=O) groups is 1. The Labute approximate surface area is 114 Å². The summed E-state index contributed by atoms with van der Waals surface area (Å²) >= 11 is 1.59. The van der Waals surface area contributed by atoms with Gasteiger partial charge in [0.05, 0.1) is 6.61 Å². The van der Waals surface area contributed by atoms with Crippen LogP contribution < -0.4 is 0 Å². The fourth-order valence-corrected chi connectivity index (χ4v) is 2.50. The highest BCUT2D eigenvalue weighted by Gasteiger charge is 2.44. The maximum absolute atomic E-state index is 12.1. The summed E-state index contributed by atoms with van der Waals surface area (Å²) in [5.74, 6) is -0.143. The molecule has 0 unspecified atom stereocenters. The summed E-state index contributed by atoms with van der Waals surface area (Å²) < 4.78 is 5.05. The van der Waals surface area contributed by atoms with Crippen molar-refractivity contribution in [3.63, 3.8) is 0 Å². The van der Waals surface area contributed by atoms with Crippen molar-refractivity contribution in [3.8, 4) is 0 Å². The Morgan fingerprint density at radius 3 is 2.28 bits per heavy atom. The number of hydrogen-bond donors (Lipinski definition) is 0. The zero-order valence-corrected chi connectivity index (χ0v) is 12.9. The van der Waals surface area contributed by atoms with Crippen LogP contribution in [0.3, 0.4) is 0 Å². The van der Waals surface area contributed by atoms with Crippen molar-refractivity contribution in [1.29, 1.82) is 0 Å². The molecule has 0 aliphatic carbocycles. The second-order valence-electron chi connectivity index (χ2n) is 5.40. The molecule has 0 heterocycles. The fraction of sp³-hybridized carbons (Fsp3) is 0.846. The third-order valence-corrected chi connectivity index (χ3v) is 4.00. The predicted octanol–water partition coefficient (Wildman–Crippen LogP) is 2.81. The minimum absolute atomic E-state index is 0.00889. The highest BCUT2D eigenvalue weighted by molar-refractivity contribution is 8.00. The Bertz CT molecular complexity index is 330. The van der Waals surface area contributed by atoms with Gasteiger partial charge in [0.15, 0.2) is 5.54 Å². The summed E-state index contributed by atoms with van der Waals surface area (Å²) in [4.78, 5) is 26.5. The van der Waals surface area contributed by atoms with Crippen molar-refractivity contribution in [2.45, 2.75) is 51.8 Å².